The maximum atomic E-state index is 14.6. The minimum absolute atomic E-state index is 0.0721. The van der Waals surface area contributed by atoms with Crippen molar-refractivity contribution in [3.05, 3.63) is 148 Å². The zero-order valence-corrected chi connectivity index (χ0v) is 36.1. The molecule has 2 bridgehead atoms. The molecular weight excluding hydrogens is 827 g/mol. The molecule has 62 heavy (non-hydrogen) atoms. The first-order valence-corrected chi connectivity index (χ1v) is 23.1. The molecule has 12 nitrogen and oxygen atoms in total. The van der Waals surface area contributed by atoms with Crippen molar-refractivity contribution in [3.8, 4) is 16.9 Å². The first-order chi connectivity index (χ1) is 29.8. The average molecular weight is 878 g/mol. The van der Waals surface area contributed by atoms with Crippen molar-refractivity contribution < 1.29 is 41.7 Å². The highest BCUT2D eigenvalue weighted by atomic mass is 32.2. The predicted molar refractivity (Wildman–Crippen MR) is 238 cm³/mol. The van der Waals surface area contributed by atoms with Gasteiger partial charge in [0.15, 0.2) is 11.6 Å². The molecule has 7 rings (SSSR count). The van der Waals surface area contributed by atoms with E-state index in [2.05, 4.69) is 10.6 Å². The largest absolute Gasteiger partial charge is 0.486 e. The van der Waals surface area contributed by atoms with Crippen LogP contribution in [-0.2, 0) is 59.8 Å². The zero-order chi connectivity index (χ0) is 44.1. The lowest BCUT2D eigenvalue weighted by atomic mass is 9.89. The standard InChI is InChI=1S/C48H51N3O9S2/c1-51(24-26-62(57,58)59)48(56)39-27-34-16-21-41(22-17-34)60-32-40(52)29-38(30-42-13-8-25-61-42)46(54)50-44(28-35-14-19-37(20-15-35)36-11-6-3-7-12-36)47(55)49-43(45(53)31-39)23-18-33-9-4-2-5-10-33/h2-17,19-22,25,38-39,43-44H,18,23-24,26-32H2,1H3,(H,49,55)(H,50,54)(H,57,58,59)/t38-,39+,43-,44+/m0/s1. The molecule has 0 aliphatic carbocycles. The normalized spacial score (nSPS) is 19.3. The summed E-state index contributed by atoms with van der Waals surface area (Å²) in [6.45, 7) is -0.610. The minimum atomic E-state index is -4.38. The number of nitrogens with one attached hydrogen (secondary N) is 2. The molecule has 0 fully saturated rings. The molecule has 14 heteroatoms. The van der Waals surface area contributed by atoms with E-state index < -0.39 is 63.3 Å². The first kappa shape index (κ1) is 45.6. The van der Waals surface area contributed by atoms with Gasteiger partial charge in [-0.15, -0.1) is 11.3 Å². The molecule has 5 aromatic rings. The van der Waals surface area contributed by atoms with E-state index in [1.807, 2.05) is 102 Å². The Bertz CT molecular complexity index is 2390. The van der Waals surface area contributed by atoms with Gasteiger partial charge in [-0.05, 0) is 77.1 Å². The van der Waals surface area contributed by atoms with E-state index in [0.29, 0.717) is 17.7 Å². The Morgan fingerprint density at radius 2 is 1.40 bits per heavy atom. The fraction of sp³-hybridized carbons (Fsp3) is 0.312. The number of ketones is 2. The zero-order valence-electron chi connectivity index (χ0n) is 34.5. The van der Waals surface area contributed by atoms with Gasteiger partial charge in [0.2, 0.25) is 17.7 Å². The van der Waals surface area contributed by atoms with Crippen molar-refractivity contribution in [2.24, 2.45) is 11.8 Å². The highest BCUT2D eigenvalue weighted by Crippen LogP contribution is 2.24. The lowest BCUT2D eigenvalue weighted by Crippen LogP contribution is -2.54. The Hall–Kier alpha value is -5.96. The summed E-state index contributed by atoms with van der Waals surface area (Å²) in [7, 11) is -2.98. The van der Waals surface area contributed by atoms with Crippen LogP contribution in [0.1, 0.15) is 40.8 Å². The van der Waals surface area contributed by atoms with Crippen molar-refractivity contribution in [2.75, 3.05) is 26.0 Å². The number of carbonyl (C=O) groups is 5. The Morgan fingerprint density at radius 1 is 0.742 bits per heavy atom. The van der Waals surface area contributed by atoms with Gasteiger partial charge in [-0.1, -0.05) is 103 Å². The van der Waals surface area contributed by atoms with E-state index in [1.165, 1.54) is 23.3 Å². The summed E-state index contributed by atoms with van der Waals surface area (Å²) in [5.74, 6) is -4.47. The summed E-state index contributed by atoms with van der Waals surface area (Å²) in [6, 6.07) is 35.2. The quantitative estimate of drug-likeness (QED) is 0.128. The van der Waals surface area contributed by atoms with Gasteiger partial charge >= 0.3 is 0 Å². The number of amides is 3. The number of benzene rings is 4. The Kier molecular flexibility index (Phi) is 16.0. The van der Waals surface area contributed by atoms with Crippen LogP contribution in [0.15, 0.2) is 127 Å². The van der Waals surface area contributed by atoms with E-state index >= 15 is 0 Å². The molecule has 324 valence electrons. The minimum Gasteiger partial charge on any atom is -0.486 e. The van der Waals surface area contributed by atoms with Crippen molar-refractivity contribution in [2.45, 2.75) is 57.0 Å². The molecule has 2 aliphatic rings. The third-order valence-electron chi connectivity index (χ3n) is 10.9. The molecule has 0 unspecified atom stereocenters. The van der Waals surface area contributed by atoms with Gasteiger partial charge in [0.05, 0.1) is 11.8 Å². The van der Waals surface area contributed by atoms with Gasteiger partial charge < -0.3 is 20.3 Å². The summed E-state index contributed by atoms with van der Waals surface area (Å²) in [4.78, 5) is 72.9. The van der Waals surface area contributed by atoms with Crippen LogP contribution in [0.3, 0.4) is 0 Å². The van der Waals surface area contributed by atoms with Crippen LogP contribution in [0.2, 0.25) is 0 Å². The van der Waals surface area contributed by atoms with Crippen molar-refractivity contribution in [1.29, 1.82) is 0 Å². The van der Waals surface area contributed by atoms with Crippen LogP contribution >= 0.6 is 11.3 Å². The second-order valence-corrected chi connectivity index (χ2v) is 18.3. The molecule has 4 aromatic carbocycles. The molecule has 3 N–H and O–H groups in total. The lowest BCUT2D eigenvalue weighted by molar-refractivity contribution is -0.137. The summed E-state index contributed by atoms with van der Waals surface area (Å²) in [5, 5.41) is 7.79. The van der Waals surface area contributed by atoms with Crippen LogP contribution in [0.4, 0.5) is 0 Å². The summed E-state index contributed by atoms with van der Waals surface area (Å²) >= 11 is 1.46. The van der Waals surface area contributed by atoms with Crippen LogP contribution in [-0.4, -0.2) is 85.2 Å². The predicted octanol–water partition coefficient (Wildman–Crippen LogP) is 5.93. The first-order valence-electron chi connectivity index (χ1n) is 20.6. The Morgan fingerprint density at radius 3 is 2.06 bits per heavy atom. The summed E-state index contributed by atoms with van der Waals surface area (Å²) in [5.41, 5.74) is 4.33. The van der Waals surface area contributed by atoms with E-state index in [4.69, 9.17) is 4.74 Å². The van der Waals surface area contributed by atoms with E-state index in [-0.39, 0.29) is 57.5 Å². The maximum absolute atomic E-state index is 14.6. The lowest BCUT2D eigenvalue weighted by Gasteiger charge is -2.27. The number of aryl methyl sites for hydroxylation is 1. The molecular formula is C48H51N3O9S2. The number of rotatable bonds is 12. The molecule has 1 aromatic heterocycles. The maximum Gasteiger partial charge on any atom is 0.266 e. The molecule has 0 spiro atoms. The number of carbonyl (C=O) groups excluding carboxylic acids is 5. The monoisotopic (exact) mass is 877 g/mol. The number of hydrogen-bond donors (Lipinski definition) is 3. The highest BCUT2D eigenvalue weighted by Gasteiger charge is 2.33. The summed E-state index contributed by atoms with van der Waals surface area (Å²) in [6.07, 6.45) is 0.564. The van der Waals surface area contributed by atoms with Crippen molar-refractivity contribution >= 4 is 50.7 Å². The van der Waals surface area contributed by atoms with Crippen molar-refractivity contribution in [3.63, 3.8) is 0 Å². The third kappa shape index (κ3) is 13.8. The van der Waals surface area contributed by atoms with Gasteiger partial charge in [-0.25, -0.2) is 0 Å². The van der Waals surface area contributed by atoms with Gasteiger partial charge in [0.1, 0.15) is 18.4 Å². The molecule has 3 heterocycles. The molecule has 3 amide bonds. The topological polar surface area (TPSA) is 176 Å². The van der Waals surface area contributed by atoms with E-state index in [9.17, 15) is 36.9 Å². The van der Waals surface area contributed by atoms with Crippen LogP contribution < -0.4 is 15.4 Å². The Balaban J connectivity index is 1.35. The molecule has 4 atom stereocenters. The molecule has 0 saturated carbocycles. The number of hydrogen-bond acceptors (Lipinski definition) is 9. The highest BCUT2D eigenvalue weighted by molar-refractivity contribution is 7.85. The Labute approximate surface area is 366 Å². The van der Waals surface area contributed by atoms with Crippen molar-refractivity contribution in [1.82, 2.24) is 15.5 Å². The van der Waals surface area contributed by atoms with E-state index in [0.717, 1.165) is 27.1 Å². The number of fused-ring (bicyclic) bond motifs is 16. The SMILES string of the molecule is CN(CCS(=O)(=O)O)C(=O)[C@H]1CC(=O)[C@H](CCc2ccccc2)NC(=O)[C@@H](Cc2ccc(-c3ccccc3)cc2)NC(=O)[C@H](Cc2cccs2)CC(=O)COc2ccc(cc2)C1. The number of ether oxygens (including phenoxy) is 1. The fourth-order valence-electron chi connectivity index (χ4n) is 7.48. The smallest absolute Gasteiger partial charge is 0.266 e. The molecule has 0 radical (unpaired) electrons. The fourth-order valence-corrected chi connectivity index (χ4v) is 8.77. The van der Waals surface area contributed by atoms with Crippen LogP contribution in [0.25, 0.3) is 11.1 Å². The van der Waals surface area contributed by atoms with Crippen LogP contribution in [0, 0.1) is 11.8 Å². The second kappa shape index (κ2) is 21.7. The summed E-state index contributed by atoms with van der Waals surface area (Å²) < 4.78 is 38.4. The van der Waals surface area contributed by atoms with Gasteiger partial charge in [-0.2, -0.15) is 8.42 Å². The van der Waals surface area contributed by atoms with Gasteiger partial charge in [-0.3, -0.25) is 28.5 Å². The third-order valence-corrected chi connectivity index (χ3v) is 12.5. The van der Waals surface area contributed by atoms with Gasteiger partial charge in [0, 0.05) is 49.6 Å². The second-order valence-electron chi connectivity index (χ2n) is 15.7. The number of nitrogens with zero attached hydrogens (tertiary/aromatic N) is 1. The van der Waals surface area contributed by atoms with E-state index in [1.54, 1.807) is 24.3 Å². The number of Topliss-reactive ketones (excluding diaryl/α,β-unsaturated/α-hetero) is 2. The van der Waals surface area contributed by atoms with Crippen LogP contribution in [0.5, 0.6) is 5.75 Å². The molecule has 0 saturated heterocycles. The number of thiophene rings is 1. The van der Waals surface area contributed by atoms with Gasteiger partial charge in [0.25, 0.3) is 10.1 Å². The molecule has 2 aliphatic heterocycles. The average Bonchev–Trinajstić information content (AvgIpc) is 3.79.